The minimum atomic E-state index is -0.767. The molecule has 8 heteroatoms. The Morgan fingerprint density at radius 2 is 2.14 bits per heavy atom. The van der Waals surface area contributed by atoms with Crippen molar-refractivity contribution in [2.24, 2.45) is 0 Å². The summed E-state index contributed by atoms with van der Waals surface area (Å²) in [6, 6.07) is 1.32. The summed E-state index contributed by atoms with van der Waals surface area (Å²) in [6.45, 7) is 5.60. The molecule has 1 aromatic heterocycles. The van der Waals surface area contributed by atoms with Crippen molar-refractivity contribution in [1.29, 1.82) is 0 Å². The van der Waals surface area contributed by atoms with Crippen LogP contribution in [0.3, 0.4) is 0 Å². The monoisotopic (exact) mass is 378 g/mol. The Hall–Kier alpha value is -1.38. The highest BCUT2D eigenvalue weighted by Gasteiger charge is 2.20. The Morgan fingerprint density at radius 1 is 1.41 bits per heavy atom. The molecule has 0 radical (unpaired) electrons. The third-order valence-corrected chi connectivity index (χ3v) is 3.14. The maximum atomic E-state index is 11.8. The van der Waals surface area contributed by atoms with Gasteiger partial charge in [0.15, 0.2) is 0 Å². The summed E-state index contributed by atoms with van der Waals surface area (Å²) >= 11 is 3.16. The number of carbonyl (C=O) groups excluding carboxylic acids is 1. The molecule has 0 N–H and O–H groups in total. The second-order valence-corrected chi connectivity index (χ2v) is 4.80. The van der Waals surface area contributed by atoms with Gasteiger partial charge in [-0.2, -0.15) is 0 Å². The molecule has 0 bridgehead atoms. The fourth-order valence-corrected chi connectivity index (χ4v) is 2.08. The lowest BCUT2D eigenvalue weighted by Crippen LogP contribution is -2.34. The van der Waals surface area contributed by atoms with E-state index in [9.17, 15) is 9.59 Å². The topological polar surface area (TPSA) is 84.2 Å². The van der Waals surface area contributed by atoms with Crippen molar-refractivity contribution in [2.45, 2.75) is 20.0 Å². The Morgan fingerprint density at radius 3 is 2.68 bits per heavy atom. The number of esters is 1. The number of ether oxygens (including phenoxy) is 4. The molecule has 22 heavy (non-hydrogen) atoms. The normalized spacial score (nSPS) is 17.2. The van der Waals surface area contributed by atoms with E-state index in [0.29, 0.717) is 24.3 Å². The Labute approximate surface area is 136 Å². The summed E-state index contributed by atoms with van der Waals surface area (Å²) in [5, 5.41) is 0. The van der Waals surface area contributed by atoms with Crippen LogP contribution in [-0.4, -0.2) is 45.6 Å². The third kappa shape index (κ3) is 5.11. The zero-order valence-electron chi connectivity index (χ0n) is 12.7. The second-order valence-electron chi connectivity index (χ2n) is 3.95. The molecule has 0 aliphatic carbocycles. The van der Waals surface area contributed by atoms with Crippen LogP contribution in [0.25, 0.3) is 0 Å². The predicted molar refractivity (Wildman–Crippen MR) is 81.4 cm³/mol. The SMILES string of the molecule is CC.COC(=O)c1cc(Br)c(OCC2COCCO2)c(=O)o1. The van der Waals surface area contributed by atoms with E-state index in [-0.39, 0.29) is 24.2 Å². The van der Waals surface area contributed by atoms with Crippen molar-refractivity contribution in [2.75, 3.05) is 33.5 Å². The first-order chi connectivity index (χ1) is 10.6. The predicted octanol–water partition coefficient (Wildman–Crippen LogP) is 2.01. The van der Waals surface area contributed by atoms with Crippen molar-refractivity contribution < 1.29 is 28.2 Å². The van der Waals surface area contributed by atoms with Crippen LogP contribution in [0.4, 0.5) is 0 Å². The lowest BCUT2D eigenvalue weighted by atomic mass is 10.3. The standard InChI is InChI=1S/C12H13BrO7.C2H6/c1-16-11(14)9-4-8(13)10(12(15)20-9)19-6-7-5-17-2-3-18-7;1-2/h4,7H,2-3,5-6H2,1H3;1-2H3. The van der Waals surface area contributed by atoms with Gasteiger partial charge in [0, 0.05) is 6.07 Å². The highest BCUT2D eigenvalue weighted by molar-refractivity contribution is 9.10. The quantitative estimate of drug-likeness (QED) is 0.740. The van der Waals surface area contributed by atoms with E-state index in [1.54, 1.807) is 0 Å². The molecule has 1 atom stereocenters. The minimum absolute atomic E-state index is 0.0215. The van der Waals surface area contributed by atoms with Gasteiger partial charge in [-0.3, -0.25) is 0 Å². The van der Waals surface area contributed by atoms with Gasteiger partial charge >= 0.3 is 11.6 Å². The molecule has 0 amide bonds. The molecule has 1 fully saturated rings. The fourth-order valence-electron chi connectivity index (χ4n) is 1.59. The number of methoxy groups -OCH3 is 1. The van der Waals surface area contributed by atoms with Crippen molar-refractivity contribution in [3.05, 3.63) is 26.7 Å². The summed E-state index contributed by atoms with van der Waals surface area (Å²) in [7, 11) is 1.20. The molecule has 0 saturated carbocycles. The Kier molecular flexibility index (Phi) is 8.15. The summed E-state index contributed by atoms with van der Waals surface area (Å²) in [6.07, 6.45) is -0.240. The van der Waals surface area contributed by atoms with Crippen LogP contribution < -0.4 is 10.4 Å². The maximum absolute atomic E-state index is 11.8. The maximum Gasteiger partial charge on any atom is 0.380 e. The fraction of sp³-hybridized carbons (Fsp3) is 0.571. The van der Waals surface area contributed by atoms with Gasteiger partial charge in [0.05, 0.1) is 31.4 Å². The average molecular weight is 379 g/mol. The molecule has 2 heterocycles. The molecule has 124 valence electrons. The van der Waals surface area contributed by atoms with Crippen LogP contribution >= 0.6 is 15.9 Å². The van der Waals surface area contributed by atoms with Gasteiger partial charge in [-0.15, -0.1) is 0 Å². The van der Waals surface area contributed by atoms with Crippen LogP contribution in [0, 0.1) is 0 Å². The van der Waals surface area contributed by atoms with Crippen LogP contribution in [0.15, 0.2) is 19.8 Å². The summed E-state index contributed by atoms with van der Waals surface area (Å²) in [5.41, 5.74) is -0.767. The smallest absolute Gasteiger partial charge is 0.380 e. The second kappa shape index (κ2) is 9.60. The molecule has 1 aliphatic heterocycles. The van der Waals surface area contributed by atoms with Gasteiger partial charge in [0.25, 0.3) is 0 Å². The van der Waals surface area contributed by atoms with E-state index in [4.69, 9.17) is 18.6 Å². The molecule has 0 aromatic carbocycles. The molecule has 1 unspecified atom stereocenters. The summed E-state index contributed by atoms with van der Waals surface area (Å²) in [4.78, 5) is 23.0. The first-order valence-electron chi connectivity index (χ1n) is 6.86. The van der Waals surface area contributed by atoms with Gasteiger partial charge in [-0.25, -0.2) is 9.59 Å². The average Bonchev–Trinajstić information content (AvgIpc) is 2.56. The molecular formula is C14H19BrO7. The number of hydrogen-bond acceptors (Lipinski definition) is 7. The van der Waals surface area contributed by atoms with Gasteiger partial charge in [-0.05, 0) is 15.9 Å². The van der Waals surface area contributed by atoms with Crippen LogP contribution in [-0.2, 0) is 14.2 Å². The Balaban J connectivity index is 0.00000116. The van der Waals surface area contributed by atoms with Gasteiger partial charge in [-0.1, -0.05) is 13.8 Å². The van der Waals surface area contributed by atoms with Crippen molar-refractivity contribution in [1.82, 2.24) is 0 Å². The Bertz CT molecular complexity index is 534. The lowest BCUT2D eigenvalue weighted by molar-refractivity contribution is -0.101. The highest BCUT2D eigenvalue weighted by atomic mass is 79.9. The number of rotatable bonds is 4. The largest absolute Gasteiger partial charge is 0.483 e. The number of carbonyl (C=O) groups is 1. The first kappa shape index (κ1) is 18.7. The van der Waals surface area contributed by atoms with Gasteiger partial charge in [0.2, 0.25) is 11.5 Å². The molecule has 1 aromatic rings. The van der Waals surface area contributed by atoms with Crippen molar-refractivity contribution in [3.63, 3.8) is 0 Å². The van der Waals surface area contributed by atoms with Crippen LogP contribution in [0.1, 0.15) is 24.4 Å². The summed E-state index contributed by atoms with van der Waals surface area (Å²) < 4.78 is 25.6. The van der Waals surface area contributed by atoms with Crippen molar-refractivity contribution >= 4 is 21.9 Å². The third-order valence-electron chi connectivity index (χ3n) is 2.55. The molecule has 2 rings (SSSR count). The van der Waals surface area contributed by atoms with E-state index in [1.807, 2.05) is 13.8 Å². The van der Waals surface area contributed by atoms with E-state index in [0.717, 1.165) is 0 Å². The summed E-state index contributed by atoms with van der Waals surface area (Å²) in [5.74, 6) is -0.959. The van der Waals surface area contributed by atoms with Crippen molar-refractivity contribution in [3.8, 4) is 5.75 Å². The van der Waals surface area contributed by atoms with Crippen LogP contribution in [0.2, 0.25) is 0 Å². The molecular weight excluding hydrogens is 360 g/mol. The molecule has 1 aliphatic rings. The minimum Gasteiger partial charge on any atom is -0.483 e. The zero-order valence-corrected chi connectivity index (χ0v) is 14.3. The van der Waals surface area contributed by atoms with Gasteiger partial charge < -0.3 is 23.4 Å². The lowest BCUT2D eigenvalue weighted by Gasteiger charge is -2.22. The molecule has 0 spiro atoms. The van der Waals surface area contributed by atoms with E-state index < -0.39 is 11.6 Å². The zero-order chi connectivity index (χ0) is 16.5. The highest BCUT2D eigenvalue weighted by Crippen LogP contribution is 2.22. The van der Waals surface area contributed by atoms with E-state index >= 15 is 0 Å². The van der Waals surface area contributed by atoms with Crippen LogP contribution in [0.5, 0.6) is 5.75 Å². The number of hydrogen-bond donors (Lipinski definition) is 0. The van der Waals surface area contributed by atoms with E-state index in [1.165, 1.54) is 13.2 Å². The van der Waals surface area contributed by atoms with E-state index in [2.05, 4.69) is 20.7 Å². The molecule has 7 nitrogen and oxygen atoms in total. The first-order valence-corrected chi connectivity index (χ1v) is 7.65. The number of halogens is 1. The molecule has 1 saturated heterocycles. The van der Waals surface area contributed by atoms with Gasteiger partial charge in [0.1, 0.15) is 12.7 Å².